The molecule has 1 rings (SSSR count). The van der Waals surface area contributed by atoms with Crippen LogP contribution in [-0.2, 0) is 14.3 Å². The zero-order valence-corrected chi connectivity index (χ0v) is 21.2. The first kappa shape index (κ1) is 28.4. The maximum Gasteiger partial charge on any atom is 0.243 e. The third-order valence-corrected chi connectivity index (χ3v) is 5.11. The molecule has 1 saturated heterocycles. The summed E-state index contributed by atoms with van der Waals surface area (Å²) < 4.78 is 11.1. The van der Waals surface area contributed by atoms with Gasteiger partial charge >= 0.3 is 0 Å². The average Bonchev–Trinajstić information content (AvgIpc) is 3.21. The summed E-state index contributed by atoms with van der Waals surface area (Å²) >= 11 is 0. The van der Waals surface area contributed by atoms with Gasteiger partial charge in [-0.1, -0.05) is 33.1 Å². The van der Waals surface area contributed by atoms with E-state index in [0.29, 0.717) is 17.8 Å². The van der Waals surface area contributed by atoms with Crippen molar-refractivity contribution in [3.63, 3.8) is 0 Å². The molecule has 0 aromatic heterocycles. The Kier molecular flexibility index (Phi) is 17.8. The van der Waals surface area contributed by atoms with Gasteiger partial charge in [0, 0.05) is 46.3 Å². The van der Waals surface area contributed by atoms with Crippen LogP contribution in [0.2, 0.25) is 0 Å². The number of ether oxygens (including phenoxy) is 2. The van der Waals surface area contributed by atoms with Gasteiger partial charge in [0.15, 0.2) is 5.96 Å². The Morgan fingerprint density at radius 3 is 2.69 bits per heavy atom. The molecule has 1 aliphatic heterocycles. The Labute approximate surface area is 194 Å². The highest BCUT2D eigenvalue weighted by atomic mass is 127. The van der Waals surface area contributed by atoms with Crippen LogP contribution in [0, 0.1) is 11.8 Å². The zero-order valence-electron chi connectivity index (χ0n) is 18.9. The van der Waals surface area contributed by atoms with E-state index in [1.54, 1.807) is 19.0 Å². The van der Waals surface area contributed by atoms with Crippen LogP contribution in [-0.4, -0.2) is 76.9 Å². The van der Waals surface area contributed by atoms with Gasteiger partial charge in [0.2, 0.25) is 5.91 Å². The number of carbonyl (C=O) groups excluding carboxylic acids is 1. The minimum Gasteiger partial charge on any atom is -0.381 e. The lowest BCUT2D eigenvalue weighted by molar-refractivity contribution is -0.127. The summed E-state index contributed by atoms with van der Waals surface area (Å²) in [6, 6.07) is 0. The molecule has 1 aliphatic rings. The molecule has 0 bridgehead atoms. The molecule has 0 aliphatic carbocycles. The number of guanidine groups is 1. The third kappa shape index (κ3) is 14.1. The van der Waals surface area contributed by atoms with Crippen molar-refractivity contribution in [2.24, 2.45) is 16.8 Å². The molecule has 1 amide bonds. The highest BCUT2D eigenvalue weighted by molar-refractivity contribution is 14.0. The second-order valence-electron chi connectivity index (χ2n) is 7.84. The van der Waals surface area contributed by atoms with E-state index in [2.05, 4.69) is 29.5 Å². The second-order valence-corrected chi connectivity index (χ2v) is 7.84. The minimum absolute atomic E-state index is 0. The average molecular weight is 527 g/mol. The van der Waals surface area contributed by atoms with Crippen molar-refractivity contribution in [1.82, 2.24) is 15.5 Å². The fourth-order valence-corrected chi connectivity index (χ4v) is 2.99. The van der Waals surface area contributed by atoms with E-state index in [-0.39, 0.29) is 36.4 Å². The number of amides is 1. The normalized spacial score (nSPS) is 17.5. The molecule has 29 heavy (non-hydrogen) atoms. The topological polar surface area (TPSA) is 75.2 Å². The van der Waals surface area contributed by atoms with Gasteiger partial charge in [-0.25, -0.2) is 4.99 Å². The Balaban J connectivity index is 0.00000784. The fraction of sp³-hybridized carbons (Fsp3) is 0.905. The SMILES string of the molecule is CCCCC(CC)CNC(=NCC(=O)N(C)C)NCCCOCC1CCOC1.I. The monoisotopic (exact) mass is 526 g/mol. The minimum atomic E-state index is 0. The van der Waals surface area contributed by atoms with Crippen LogP contribution in [0.4, 0.5) is 0 Å². The Hall–Kier alpha value is -0.610. The highest BCUT2D eigenvalue weighted by Gasteiger charge is 2.15. The zero-order chi connectivity index (χ0) is 20.6. The number of hydrogen-bond donors (Lipinski definition) is 2. The van der Waals surface area contributed by atoms with E-state index in [0.717, 1.165) is 58.8 Å². The van der Waals surface area contributed by atoms with Gasteiger partial charge in [0.05, 0.1) is 13.2 Å². The second kappa shape index (κ2) is 18.2. The van der Waals surface area contributed by atoms with Crippen LogP contribution in [0.25, 0.3) is 0 Å². The number of aliphatic imine (C=N–C) groups is 1. The first-order valence-corrected chi connectivity index (χ1v) is 10.9. The molecule has 0 radical (unpaired) electrons. The first-order chi connectivity index (χ1) is 13.6. The number of nitrogens with zero attached hydrogens (tertiary/aromatic N) is 2. The van der Waals surface area contributed by atoms with Crippen molar-refractivity contribution >= 4 is 35.8 Å². The number of likely N-dealkylation sites (N-methyl/N-ethyl adjacent to an activating group) is 1. The largest absolute Gasteiger partial charge is 0.381 e. The molecule has 172 valence electrons. The van der Waals surface area contributed by atoms with Crippen LogP contribution in [0.1, 0.15) is 52.4 Å². The standard InChI is InChI=1S/C21H42N4O3.HI/c1-5-7-9-18(6-2)14-23-21(24-15-20(26)25(3)4)22-11-8-12-27-16-19-10-13-28-17-19;/h18-19H,5-17H2,1-4H3,(H2,22,23,24);1H. The molecule has 0 saturated carbocycles. The van der Waals surface area contributed by atoms with Gasteiger partial charge in [0.25, 0.3) is 0 Å². The van der Waals surface area contributed by atoms with Crippen molar-refractivity contribution in [3.05, 3.63) is 0 Å². The summed E-state index contributed by atoms with van der Waals surface area (Å²) in [5, 5.41) is 6.76. The van der Waals surface area contributed by atoms with Crippen LogP contribution in [0.3, 0.4) is 0 Å². The molecular formula is C21H43IN4O3. The van der Waals surface area contributed by atoms with Crippen molar-refractivity contribution < 1.29 is 14.3 Å². The number of carbonyl (C=O) groups is 1. The van der Waals surface area contributed by atoms with Crippen LogP contribution < -0.4 is 10.6 Å². The molecular weight excluding hydrogens is 483 g/mol. The predicted octanol–water partition coefficient (Wildman–Crippen LogP) is 2.89. The summed E-state index contributed by atoms with van der Waals surface area (Å²) in [5.74, 6) is 1.90. The number of rotatable bonds is 14. The molecule has 0 aromatic rings. The van der Waals surface area contributed by atoms with E-state index in [1.807, 2.05) is 0 Å². The van der Waals surface area contributed by atoms with Gasteiger partial charge in [-0.3, -0.25) is 4.79 Å². The van der Waals surface area contributed by atoms with E-state index in [4.69, 9.17) is 9.47 Å². The third-order valence-electron chi connectivity index (χ3n) is 5.11. The van der Waals surface area contributed by atoms with Crippen LogP contribution >= 0.6 is 24.0 Å². The molecule has 8 heteroatoms. The number of unbranched alkanes of at least 4 members (excludes halogenated alkanes) is 1. The summed E-state index contributed by atoms with van der Waals surface area (Å²) in [6.45, 7) is 9.47. The van der Waals surface area contributed by atoms with E-state index >= 15 is 0 Å². The van der Waals surface area contributed by atoms with Gasteiger partial charge in [0.1, 0.15) is 6.54 Å². The van der Waals surface area contributed by atoms with E-state index < -0.39 is 0 Å². The lowest BCUT2D eigenvalue weighted by Crippen LogP contribution is -2.41. The lowest BCUT2D eigenvalue weighted by Gasteiger charge is -2.19. The van der Waals surface area contributed by atoms with Gasteiger partial charge in [-0.15, -0.1) is 24.0 Å². The Morgan fingerprint density at radius 1 is 1.28 bits per heavy atom. The van der Waals surface area contributed by atoms with E-state index in [9.17, 15) is 4.79 Å². The van der Waals surface area contributed by atoms with Gasteiger partial charge in [-0.2, -0.15) is 0 Å². The van der Waals surface area contributed by atoms with Crippen LogP contribution in [0.15, 0.2) is 4.99 Å². The molecule has 0 spiro atoms. The number of halogens is 1. The summed E-state index contributed by atoms with van der Waals surface area (Å²) in [5.41, 5.74) is 0. The Morgan fingerprint density at radius 2 is 2.07 bits per heavy atom. The number of nitrogens with one attached hydrogen (secondary N) is 2. The summed E-state index contributed by atoms with van der Waals surface area (Å²) in [4.78, 5) is 17.9. The van der Waals surface area contributed by atoms with Crippen molar-refractivity contribution in [2.45, 2.75) is 52.4 Å². The van der Waals surface area contributed by atoms with Gasteiger partial charge < -0.3 is 25.0 Å². The maximum atomic E-state index is 11.9. The quantitative estimate of drug-likeness (QED) is 0.158. The Bertz CT molecular complexity index is 444. The summed E-state index contributed by atoms with van der Waals surface area (Å²) in [6.07, 6.45) is 6.86. The molecule has 2 N–H and O–H groups in total. The fourth-order valence-electron chi connectivity index (χ4n) is 2.99. The number of hydrogen-bond acceptors (Lipinski definition) is 4. The van der Waals surface area contributed by atoms with Crippen LogP contribution in [0.5, 0.6) is 0 Å². The molecule has 1 heterocycles. The molecule has 2 atom stereocenters. The molecule has 0 aromatic carbocycles. The van der Waals surface area contributed by atoms with E-state index in [1.165, 1.54) is 19.3 Å². The predicted molar refractivity (Wildman–Crippen MR) is 130 cm³/mol. The first-order valence-electron chi connectivity index (χ1n) is 10.9. The van der Waals surface area contributed by atoms with Crippen molar-refractivity contribution in [1.29, 1.82) is 0 Å². The molecule has 1 fully saturated rings. The smallest absolute Gasteiger partial charge is 0.243 e. The highest BCUT2D eigenvalue weighted by Crippen LogP contribution is 2.12. The summed E-state index contributed by atoms with van der Waals surface area (Å²) in [7, 11) is 3.51. The maximum absolute atomic E-state index is 11.9. The van der Waals surface area contributed by atoms with Crippen molar-refractivity contribution in [2.75, 3.05) is 60.2 Å². The molecule has 7 nitrogen and oxygen atoms in total. The van der Waals surface area contributed by atoms with Crippen molar-refractivity contribution in [3.8, 4) is 0 Å². The lowest BCUT2D eigenvalue weighted by atomic mass is 9.99. The molecule has 2 unspecified atom stereocenters. The van der Waals surface area contributed by atoms with Gasteiger partial charge in [-0.05, 0) is 25.2 Å².